The Morgan fingerprint density at radius 3 is 2.71 bits per heavy atom. The molecule has 88 valence electrons. The second-order valence-electron chi connectivity index (χ2n) is 3.75. The first-order valence-electron chi connectivity index (χ1n) is 5.10. The molecule has 0 aliphatic rings. The van der Waals surface area contributed by atoms with Crippen molar-refractivity contribution in [1.29, 1.82) is 0 Å². The monoisotopic (exact) mass is 268 g/mol. The predicted molar refractivity (Wildman–Crippen MR) is 68.5 cm³/mol. The molecule has 0 aliphatic heterocycles. The molecule has 1 aromatic carbocycles. The summed E-state index contributed by atoms with van der Waals surface area (Å²) < 4.78 is 5.55. The Morgan fingerprint density at radius 2 is 2.00 bits per heavy atom. The third-order valence-corrected chi connectivity index (χ3v) is 3.12. The summed E-state index contributed by atoms with van der Waals surface area (Å²) in [7, 11) is 0. The van der Waals surface area contributed by atoms with Crippen LogP contribution in [0.3, 0.4) is 0 Å². The van der Waals surface area contributed by atoms with Gasteiger partial charge in [-0.15, -0.1) is 0 Å². The largest absolute Gasteiger partial charge is 0.461 e. The van der Waals surface area contributed by atoms with Crippen molar-refractivity contribution in [2.75, 3.05) is 0 Å². The van der Waals surface area contributed by atoms with E-state index in [1.165, 1.54) is 6.92 Å². The highest BCUT2D eigenvalue weighted by Gasteiger charge is 2.11. The Kier molecular flexibility index (Phi) is 3.55. The number of hydrogen-bond acceptors (Lipinski definition) is 2. The molecule has 0 radical (unpaired) electrons. The zero-order valence-electron chi connectivity index (χ0n) is 9.17. The van der Waals surface area contributed by atoms with E-state index in [-0.39, 0.29) is 12.2 Å². The summed E-state index contributed by atoms with van der Waals surface area (Å²) in [5, 5.41) is 0.937. The molecular formula is C13H10Cl2O2. The summed E-state index contributed by atoms with van der Waals surface area (Å²) in [5.74, 6) is 1.31. The van der Waals surface area contributed by atoms with Crippen LogP contribution in [0.15, 0.2) is 34.7 Å². The molecule has 0 saturated heterocycles. The normalized spacial score (nSPS) is 10.5. The van der Waals surface area contributed by atoms with Gasteiger partial charge in [0.2, 0.25) is 0 Å². The minimum absolute atomic E-state index is 0.0584. The third kappa shape index (κ3) is 2.71. The molecule has 0 bridgehead atoms. The number of halogens is 2. The number of Topliss-reactive ketones (excluding diaryl/α,β-unsaturated/α-hetero) is 1. The van der Waals surface area contributed by atoms with Crippen LogP contribution in [-0.2, 0) is 11.2 Å². The quantitative estimate of drug-likeness (QED) is 0.827. The van der Waals surface area contributed by atoms with Gasteiger partial charge in [0.1, 0.15) is 17.3 Å². The van der Waals surface area contributed by atoms with Crippen LogP contribution in [0.2, 0.25) is 10.0 Å². The van der Waals surface area contributed by atoms with Crippen LogP contribution in [0, 0.1) is 0 Å². The summed E-state index contributed by atoms with van der Waals surface area (Å²) in [4.78, 5) is 11.0. The van der Waals surface area contributed by atoms with Crippen LogP contribution in [0.25, 0.3) is 11.3 Å². The lowest BCUT2D eigenvalue weighted by molar-refractivity contribution is -0.116. The first kappa shape index (κ1) is 12.2. The topological polar surface area (TPSA) is 30.2 Å². The molecular weight excluding hydrogens is 259 g/mol. The maximum absolute atomic E-state index is 11.0. The Balaban J connectivity index is 2.37. The van der Waals surface area contributed by atoms with Crippen LogP contribution in [0.4, 0.5) is 0 Å². The number of carbonyl (C=O) groups is 1. The molecule has 0 atom stereocenters. The van der Waals surface area contributed by atoms with Gasteiger partial charge in [-0.25, -0.2) is 0 Å². The maximum Gasteiger partial charge on any atom is 0.137 e. The van der Waals surface area contributed by atoms with Crippen molar-refractivity contribution < 1.29 is 9.21 Å². The van der Waals surface area contributed by atoms with Gasteiger partial charge in [0.05, 0.1) is 16.5 Å². The molecule has 0 aliphatic carbocycles. The van der Waals surface area contributed by atoms with Gasteiger partial charge in [0, 0.05) is 5.56 Å². The number of ketones is 1. The Hall–Kier alpha value is -1.25. The van der Waals surface area contributed by atoms with Gasteiger partial charge >= 0.3 is 0 Å². The molecule has 0 amide bonds. The van der Waals surface area contributed by atoms with E-state index in [0.717, 1.165) is 5.56 Å². The number of hydrogen-bond donors (Lipinski definition) is 0. The Bertz CT molecular complexity index is 558. The Labute approximate surface area is 109 Å². The molecule has 17 heavy (non-hydrogen) atoms. The van der Waals surface area contributed by atoms with Crippen LogP contribution in [0.1, 0.15) is 12.7 Å². The average molecular weight is 269 g/mol. The second kappa shape index (κ2) is 4.94. The second-order valence-corrected chi connectivity index (χ2v) is 4.53. The maximum atomic E-state index is 11.0. The fourth-order valence-corrected chi connectivity index (χ4v) is 1.95. The predicted octanol–water partition coefficient (Wildman–Crippen LogP) is 4.38. The van der Waals surface area contributed by atoms with Crippen molar-refractivity contribution in [3.63, 3.8) is 0 Å². The lowest BCUT2D eigenvalue weighted by Gasteiger charge is -2.02. The summed E-state index contributed by atoms with van der Waals surface area (Å²) in [5.41, 5.74) is 0.731. The minimum atomic E-state index is 0.0584. The first-order chi connectivity index (χ1) is 8.08. The number of carbonyl (C=O) groups excluding carboxylic acids is 1. The van der Waals surface area contributed by atoms with E-state index in [0.29, 0.717) is 21.6 Å². The average Bonchev–Trinajstić information content (AvgIpc) is 2.69. The van der Waals surface area contributed by atoms with Crippen LogP contribution in [0.5, 0.6) is 0 Å². The smallest absolute Gasteiger partial charge is 0.137 e. The zero-order chi connectivity index (χ0) is 12.4. The molecule has 2 aromatic rings. The highest BCUT2D eigenvalue weighted by molar-refractivity contribution is 6.43. The van der Waals surface area contributed by atoms with Crippen LogP contribution < -0.4 is 0 Å². The summed E-state index contributed by atoms with van der Waals surface area (Å²) in [6.07, 6.45) is 0.290. The number of benzene rings is 1. The van der Waals surface area contributed by atoms with E-state index < -0.39 is 0 Å². The van der Waals surface area contributed by atoms with Gasteiger partial charge in [-0.2, -0.15) is 0 Å². The highest BCUT2D eigenvalue weighted by Crippen LogP contribution is 2.34. The SMILES string of the molecule is CC(=O)Cc1ccc(-c2cccc(Cl)c2Cl)o1. The number of furan rings is 1. The van der Waals surface area contributed by atoms with E-state index in [9.17, 15) is 4.79 Å². The van der Waals surface area contributed by atoms with Gasteiger partial charge in [-0.05, 0) is 31.2 Å². The van der Waals surface area contributed by atoms with E-state index in [1.807, 2.05) is 6.07 Å². The molecule has 0 saturated carbocycles. The first-order valence-corrected chi connectivity index (χ1v) is 5.86. The van der Waals surface area contributed by atoms with Gasteiger partial charge in [-0.3, -0.25) is 4.79 Å². The van der Waals surface area contributed by atoms with E-state index in [4.69, 9.17) is 27.6 Å². The molecule has 0 N–H and O–H groups in total. The van der Waals surface area contributed by atoms with E-state index in [2.05, 4.69) is 0 Å². The highest BCUT2D eigenvalue weighted by atomic mass is 35.5. The van der Waals surface area contributed by atoms with Crippen LogP contribution >= 0.6 is 23.2 Å². The molecule has 0 fully saturated rings. The fraction of sp³-hybridized carbons (Fsp3) is 0.154. The molecule has 1 heterocycles. The van der Waals surface area contributed by atoms with E-state index >= 15 is 0 Å². The minimum Gasteiger partial charge on any atom is -0.461 e. The molecule has 1 aromatic heterocycles. The van der Waals surface area contributed by atoms with Crippen molar-refractivity contribution in [2.24, 2.45) is 0 Å². The van der Waals surface area contributed by atoms with Crippen LogP contribution in [-0.4, -0.2) is 5.78 Å². The molecule has 2 rings (SSSR count). The van der Waals surface area contributed by atoms with Crippen molar-refractivity contribution in [3.8, 4) is 11.3 Å². The standard InChI is InChI=1S/C13H10Cl2O2/c1-8(16)7-9-5-6-12(17-9)10-3-2-4-11(14)13(10)15/h2-6H,7H2,1H3. The van der Waals surface area contributed by atoms with Crippen molar-refractivity contribution in [2.45, 2.75) is 13.3 Å². The van der Waals surface area contributed by atoms with Gasteiger partial charge in [0.25, 0.3) is 0 Å². The summed E-state index contributed by atoms with van der Waals surface area (Å²) in [6, 6.07) is 8.90. The number of rotatable bonds is 3. The lowest BCUT2D eigenvalue weighted by atomic mass is 10.2. The molecule has 0 unspecified atom stereocenters. The van der Waals surface area contributed by atoms with Crippen molar-refractivity contribution >= 4 is 29.0 Å². The lowest BCUT2D eigenvalue weighted by Crippen LogP contribution is -1.93. The third-order valence-electron chi connectivity index (χ3n) is 2.30. The Morgan fingerprint density at radius 1 is 1.24 bits per heavy atom. The fourth-order valence-electron chi connectivity index (χ4n) is 1.56. The molecule has 4 heteroatoms. The van der Waals surface area contributed by atoms with Gasteiger partial charge in [0.15, 0.2) is 0 Å². The molecule has 2 nitrogen and oxygen atoms in total. The zero-order valence-corrected chi connectivity index (χ0v) is 10.7. The van der Waals surface area contributed by atoms with Gasteiger partial charge in [-0.1, -0.05) is 29.3 Å². The summed E-state index contributed by atoms with van der Waals surface area (Å²) >= 11 is 12.0. The van der Waals surface area contributed by atoms with Crippen molar-refractivity contribution in [1.82, 2.24) is 0 Å². The van der Waals surface area contributed by atoms with E-state index in [1.54, 1.807) is 24.3 Å². The van der Waals surface area contributed by atoms with Gasteiger partial charge < -0.3 is 4.42 Å². The molecule has 0 spiro atoms. The van der Waals surface area contributed by atoms with Crippen molar-refractivity contribution in [3.05, 3.63) is 46.1 Å². The summed E-state index contributed by atoms with van der Waals surface area (Å²) in [6.45, 7) is 1.52.